The van der Waals surface area contributed by atoms with E-state index in [1.165, 1.54) is 6.92 Å². The van der Waals surface area contributed by atoms with Crippen LogP contribution in [0, 0.1) is 15.9 Å². The number of aliphatic hydroxyl groups excluding tert-OH is 1. The van der Waals surface area contributed by atoms with Crippen molar-refractivity contribution in [1.82, 2.24) is 0 Å². The molecule has 0 aromatic heterocycles. The highest BCUT2D eigenvalue weighted by molar-refractivity contribution is 5.89. The zero-order valence-corrected chi connectivity index (χ0v) is 9.84. The molecule has 0 saturated carbocycles. The van der Waals surface area contributed by atoms with E-state index in [0.29, 0.717) is 0 Å². The largest absolute Gasteiger partial charge is 0.465 e. The Bertz CT molecular complexity index is 490. The highest BCUT2D eigenvalue weighted by Crippen LogP contribution is 2.26. The van der Waals surface area contributed by atoms with E-state index in [1.807, 2.05) is 0 Å². The van der Waals surface area contributed by atoms with Gasteiger partial charge in [0.1, 0.15) is 12.4 Å². The van der Waals surface area contributed by atoms with Crippen LogP contribution in [0.3, 0.4) is 0 Å². The lowest BCUT2D eigenvalue weighted by molar-refractivity contribution is -0.578. The Morgan fingerprint density at radius 1 is 1.61 bits per heavy atom. The molecule has 0 saturated heterocycles. The summed E-state index contributed by atoms with van der Waals surface area (Å²) in [5, 5.41) is 20.0. The lowest BCUT2D eigenvalue weighted by atomic mass is 9.92. The van der Waals surface area contributed by atoms with Crippen LogP contribution in [0.25, 0.3) is 0 Å². The van der Waals surface area contributed by atoms with Crippen LogP contribution < -0.4 is 0 Å². The fraction of sp³-hybridized carbons (Fsp3) is 0.364. The lowest BCUT2D eigenvalue weighted by Gasteiger charge is -2.19. The van der Waals surface area contributed by atoms with Crippen molar-refractivity contribution >= 4 is 5.97 Å². The molecule has 0 fully saturated rings. The SMILES string of the molecule is COC(=O)c1cc([C@](C)(CO)[N+](=O)[O-])ccc1F. The van der Waals surface area contributed by atoms with E-state index in [-0.39, 0.29) is 5.56 Å². The molecular weight excluding hydrogens is 245 g/mol. The zero-order chi connectivity index (χ0) is 13.9. The van der Waals surface area contributed by atoms with Crippen molar-refractivity contribution in [1.29, 1.82) is 0 Å². The number of nitrogens with zero attached hydrogens (tertiary/aromatic N) is 1. The molecule has 18 heavy (non-hydrogen) atoms. The smallest absolute Gasteiger partial charge is 0.340 e. The third kappa shape index (κ3) is 2.30. The fourth-order valence-electron chi connectivity index (χ4n) is 1.38. The maximum atomic E-state index is 13.4. The summed E-state index contributed by atoms with van der Waals surface area (Å²) in [5.74, 6) is -1.77. The quantitative estimate of drug-likeness (QED) is 0.495. The Hall–Kier alpha value is -2.02. The van der Waals surface area contributed by atoms with E-state index in [1.54, 1.807) is 0 Å². The minimum absolute atomic E-state index is 0.0248. The number of hydrogen-bond acceptors (Lipinski definition) is 5. The van der Waals surface area contributed by atoms with Gasteiger partial charge in [0.15, 0.2) is 0 Å². The number of carbonyl (C=O) groups is 1. The van der Waals surface area contributed by atoms with Crippen molar-refractivity contribution in [2.45, 2.75) is 12.5 Å². The minimum Gasteiger partial charge on any atom is -0.465 e. The van der Waals surface area contributed by atoms with Gasteiger partial charge < -0.3 is 9.84 Å². The van der Waals surface area contributed by atoms with Gasteiger partial charge >= 0.3 is 5.97 Å². The third-order valence-corrected chi connectivity index (χ3v) is 2.70. The summed E-state index contributed by atoms with van der Waals surface area (Å²) in [6.07, 6.45) is 0. The first kappa shape index (κ1) is 14.0. The number of benzene rings is 1. The van der Waals surface area contributed by atoms with Crippen molar-refractivity contribution in [3.05, 3.63) is 45.3 Å². The van der Waals surface area contributed by atoms with Crippen molar-refractivity contribution in [2.75, 3.05) is 13.7 Å². The monoisotopic (exact) mass is 257 g/mol. The Kier molecular flexibility index (Phi) is 3.97. The number of carbonyl (C=O) groups excluding carboxylic acids is 1. The topological polar surface area (TPSA) is 89.7 Å². The second kappa shape index (κ2) is 5.09. The highest BCUT2D eigenvalue weighted by atomic mass is 19.1. The standard InChI is InChI=1S/C11H12FNO5/c1-11(6-14,13(16)17)7-3-4-9(12)8(5-7)10(15)18-2/h3-5,14H,6H2,1-2H3/t11-/m0/s1. The molecule has 0 bridgehead atoms. The first-order valence-electron chi connectivity index (χ1n) is 5.00. The summed E-state index contributed by atoms with van der Waals surface area (Å²) >= 11 is 0. The molecule has 0 aliphatic carbocycles. The molecule has 1 rings (SSSR count). The lowest BCUT2D eigenvalue weighted by Crippen LogP contribution is -2.36. The molecule has 0 amide bonds. The fourth-order valence-corrected chi connectivity index (χ4v) is 1.38. The molecule has 0 heterocycles. The third-order valence-electron chi connectivity index (χ3n) is 2.70. The Labute approximate surface area is 102 Å². The Morgan fingerprint density at radius 2 is 2.22 bits per heavy atom. The molecule has 0 aliphatic heterocycles. The molecular formula is C11H12FNO5. The summed E-state index contributed by atoms with van der Waals surface area (Å²) < 4.78 is 17.7. The van der Waals surface area contributed by atoms with E-state index in [2.05, 4.69) is 4.74 Å². The molecule has 7 heteroatoms. The van der Waals surface area contributed by atoms with Gasteiger partial charge in [-0.05, 0) is 18.2 Å². The average molecular weight is 257 g/mol. The molecule has 1 aromatic rings. The molecule has 98 valence electrons. The van der Waals surface area contributed by atoms with Crippen LogP contribution >= 0.6 is 0 Å². The number of rotatable bonds is 4. The predicted molar refractivity (Wildman–Crippen MR) is 59.2 cm³/mol. The summed E-state index contributed by atoms with van der Waals surface area (Å²) in [4.78, 5) is 21.5. The van der Waals surface area contributed by atoms with Crippen LogP contribution in [0.15, 0.2) is 18.2 Å². The van der Waals surface area contributed by atoms with Gasteiger partial charge in [0.05, 0.1) is 12.7 Å². The van der Waals surface area contributed by atoms with Crippen molar-refractivity contribution < 1.29 is 24.0 Å². The maximum absolute atomic E-state index is 13.4. The van der Waals surface area contributed by atoms with Crippen LogP contribution in [-0.4, -0.2) is 29.7 Å². The second-order valence-electron chi connectivity index (χ2n) is 3.88. The number of methoxy groups -OCH3 is 1. The molecule has 0 radical (unpaired) electrons. The van der Waals surface area contributed by atoms with Crippen molar-refractivity contribution in [2.24, 2.45) is 0 Å². The van der Waals surface area contributed by atoms with Crippen LogP contribution in [0.1, 0.15) is 22.8 Å². The number of aliphatic hydroxyl groups is 1. The van der Waals surface area contributed by atoms with Crippen LogP contribution in [0.2, 0.25) is 0 Å². The number of ether oxygens (including phenoxy) is 1. The van der Waals surface area contributed by atoms with Gasteiger partial charge in [-0.3, -0.25) is 10.1 Å². The van der Waals surface area contributed by atoms with Gasteiger partial charge in [-0.2, -0.15) is 0 Å². The van der Waals surface area contributed by atoms with Crippen molar-refractivity contribution in [3.63, 3.8) is 0 Å². The van der Waals surface area contributed by atoms with Gasteiger partial charge in [0, 0.05) is 17.4 Å². The normalized spacial score (nSPS) is 13.8. The molecule has 0 spiro atoms. The van der Waals surface area contributed by atoms with Gasteiger partial charge in [-0.15, -0.1) is 0 Å². The highest BCUT2D eigenvalue weighted by Gasteiger charge is 2.39. The van der Waals surface area contributed by atoms with E-state index in [4.69, 9.17) is 5.11 Å². The van der Waals surface area contributed by atoms with Gasteiger partial charge in [0.25, 0.3) is 5.54 Å². The summed E-state index contributed by atoms with van der Waals surface area (Å²) in [7, 11) is 1.08. The average Bonchev–Trinajstić information content (AvgIpc) is 2.37. The zero-order valence-electron chi connectivity index (χ0n) is 9.84. The first-order chi connectivity index (χ1) is 8.36. The number of nitro groups is 1. The van der Waals surface area contributed by atoms with Crippen LogP contribution in [-0.2, 0) is 10.3 Å². The summed E-state index contributed by atoms with van der Waals surface area (Å²) in [5.41, 5.74) is -2.18. The van der Waals surface area contributed by atoms with Gasteiger partial charge in [-0.1, -0.05) is 0 Å². The van der Waals surface area contributed by atoms with Crippen LogP contribution in [0.4, 0.5) is 4.39 Å². The Morgan fingerprint density at radius 3 is 2.67 bits per heavy atom. The number of halogens is 1. The molecule has 0 unspecified atom stereocenters. The van der Waals surface area contributed by atoms with E-state index in [9.17, 15) is 19.3 Å². The predicted octanol–water partition coefficient (Wildman–Crippen LogP) is 1.10. The van der Waals surface area contributed by atoms with E-state index >= 15 is 0 Å². The first-order valence-corrected chi connectivity index (χ1v) is 5.00. The van der Waals surface area contributed by atoms with Gasteiger partial charge in [0.2, 0.25) is 0 Å². The van der Waals surface area contributed by atoms with E-state index < -0.39 is 34.4 Å². The molecule has 1 aromatic carbocycles. The second-order valence-corrected chi connectivity index (χ2v) is 3.88. The minimum atomic E-state index is -1.80. The van der Waals surface area contributed by atoms with Gasteiger partial charge in [-0.25, -0.2) is 9.18 Å². The summed E-state index contributed by atoms with van der Waals surface area (Å²) in [6, 6.07) is 3.10. The Balaban J connectivity index is 3.36. The molecule has 6 nitrogen and oxygen atoms in total. The van der Waals surface area contributed by atoms with Crippen molar-refractivity contribution in [3.8, 4) is 0 Å². The number of esters is 1. The molecule has 1 atom stereocenters. The summed E-state index contributed by atoms with van der Waals surface area (Å²) in [6.45, 7) is 0.410. The van der Waals surface area contributed by atoms with Crippen LogP contribution in [0.5, 0.6) is 0 Å². The maximum Gasteiger partial charge on any atom is 0.340 e. The van der Waals surface area contributed by atoms with E-state index in [0.717, 1.165) is 25.3 Å². The number of hydrogen-bond donors (Lipinski definition) is 1. The molecule has 1 N–H and O–H groups in total. The molecule has 0 aliphatic rings.